The Labute approximate surface area is 159 Å². The highest BCUT2D eigenvalue weighted by atomic mass is 19.1. The van der Waals surface area contributed by atoms with Crippen molar-refractivity contribution in [2.45, 2.75) is 6.61 Å². The largest absolute Gasteiger partial charge is 0.486 e. The summed E-state index contributed by atoms with van der Waals surface area (Å²) in [4.78, 5) is 23.8. The quantitative estimate of drug-likeness (QED) is 0.704. The van der Waals surface area contributed by atoms with Crippen molar-refractivity contribution in [1.82, 2.24) is 0 Å². The number of hydrogen-bond donors (Lipinski definition) is 2. The van der Waals surface area contributed by atoms with Crippen LogP contribution in [0.5, 0.6) is 11.5 Å². The lowest BCUT2D eigenvalue weighted by molar-refractivity contribution is -0.118. The summed E-state index contributed by atoms with van der Waals surface area (Å²) in [6.07, 6.45) is 0. The molecule has 1 aliphatic rings. The summed E-state index contributed by atoms with van der Waals surface area (Å²) >= 11 is 0. The normalized spacial score (nSPS) is 12.5. The number of hydrogen-bond acceptors (Lipinski definition) is 5. The van der Waals surface area contributed by atoms with Gasteiger partial charge in [-0.3, -0.25) is 9.59 Å². The lowest BCUT2D eigenvalue weighted by Gasteiger charge is -2.18. The van der Waals surface area contributed by atoms with E-state index >= 15 is 0 Å². The maximum atomic E-state index is 12.9. The molecule has 142 valence electrons. The third-order valence-corrected chi connectivity index (χ3v) is 3.95. The molecule has 0 spiro atoms. The Morgan fingerprint density at radius 2 is 1.96 bits per heavy atom. The average molecular weight is 382 g/mol. The number of amides is 2. The molecule has 1 aromatic heterocycles. The van der Waals surface area contributed by atoms with E-state index in [1.54, 1.807) is 24.3 Å². The van der Waals surface area contributed by atoms with E-state index in [2.05, 4.69) is 10.6 Å². The fraction of sp³-hybridized carbons (Fsp3) is 0.100. The van der Waals surface area contributed by atoms with Crippen molar-refractivity contribution in [2.24, 2.45) is 0 Å². The molecule has 0 atom stereocenters. The van der Waals surface area contributed by atoms with Gasteiger partial charge in [-0.05, 0) is 54.6 Å². The highest BCUT2D eigenvalue weighted by molar-refractivity contribution is 6.03. The molecular weight excluding hydrogens is 367 g/mol. The zero-order chi connectivity index (χ0) is 19.5. The predicted molar refractivity (Wildman–Crippen MR) is 98.0 cm³/mol. The van der Waals surface area contributed by atoms with Crippen LogP contribution in [0.2, 0.25) is 0 Å². The molecule has 0 saturated heterocycles. The molecule has 2 amide bonds. The summed E-state index contributed by atoms with van der Waals surface area (Å²) in [5.74, 6) is 0.524. The monoisotopic (exact) mass is 382 g/mol. The molecule has 0 unspecified atom stereocenters. The lowest BCUT2D eigenvalue weighted by Crippen LogP contribution is -2.25. The molecule has 0 aliphatic carbocycles. The topological polar surface area (TPSA) is 89.8 Å². The van der Waals surface area contributed by atoms with Crippen molar-refractivity contribution in [2.75, 3.05) is 17.2 Å². The highest BCUT2D eigenvalue weighted by Gasteiger charge is 2.17. The first-order chi connectivity index (χ1) is 13.6. The lowest BCUT2D eigenvalue weighted by atomic mass is 10.2. The summed E-state index contributed by atoms with van der Waals surface area (Å²) in [7, 11) is 0. The smallest absolute Gasteiger partial charge is 0.291 e. The molecule has 8 heteroatoms. The molecule has 0 radical (unpaired) electrons. The van der Waals surface area contributed by atoms with Gasteiger partial charge >= 0.3 is 0 Å². The molecule has 4 rings (SSSR count). The van der Waals surface area contributed by atoms with Gasteiger partial charge in [0.2, 0.25) is 0 Å². The Hall–Kier alpha value is -3.81. The number of furan rings is 1. The minimum atomic E-state index is -0.448. The molecule has 2 N–H and O–H groups in total. The van der Waals surface area contributed by atoms with Gasteiger partial charge in [0.05, 0.1) is 5.69 Å². The summed E-state index contributed by atoms with van der Waals surface area (Å²) in [5.41, 5.74) is 0.969. The van der Waals surface area contributed by atoms with Crippen molar-refractivity contribution < 1.29 is 27.9 Å². The molecule has 0 saturated carbocycles. The molecular formula is C20H15FN2O5. The van der Waals surface area contributed by atoms with Gasteiger partial charge in [-0.15, -0.1) is 0 Å². The van der Waals surface area contributed by atoms with Crippen LogP contribution in [0.4, 0.5) is 15.8 Å². The zero-order valence-corrected chi connectivity index (χ0v) is 14.5. The van der Waals surface area contributed by atoms with Crippen molar-refractivity contribution >= 4 is 23.2 Å². The van der Waals surface area contributed by atoms with Gasteiger partial charge in [0, 0.05) is 5.69 Å². The average Bonchev–Trinajstić information content (AvgIpc) is 3.16. The number of fused-ring (bicyclic) bond motifs is 1. The van der Waals surface area contributed by atoms with E-state index in [-0.39, 0.29) is 30.7 Å². The summed E-state index contributed by atoms with van der Waals surface area (Å²) in [6, 6.07) is 13.7. The van der Waals surface area contributed by atoms with Gasteiger partial charge in [-0.1, -0.05) is 0 Å². The second-order valence-electron chi connectivity index (χ2n) is 6.01. The van der Waals surface area contributed by atoms with Crippen LogP contribution in [0.15, 0.2) is 59.0 Å². The van der Waals surface area contributed by atoms with Crippen LogP contribution >= 0.6 is 0 Å². The van der Waals surface area contributed by atoms with E-state index in [0.717, 1.165) is 0 Å². The Kier molecular flexibility index (Phi) is 4.67. The first kappa shape index (κ1) is 17.6. The van der Waals surface area contributed by atoms with Crippen LogP contribution in [0, 0.1) is 5.82 Å². The van der Waals surface area contributed by atoms with Crippen LogP contribution in [-0.4, -0.2) is 18.4 Å². The summed E-state index contributed by atoms with van der Waals surface area (Å²) in [5, 5.41) is 5.37. The number of halogens is 1. The number of nitrogens with one attached hydrogen (secondary N) is 2. The van der Waals surface area contributed by atoms with Gasteiger partial charge in [0.1, 0.15) is 29.7 Å². The molecule has 1 aliphatic heterocycles. The van der Waals surface area contributed by atoms with Gasteiger partial charge in [-0.2, -0.15) is 0 Å². The first-order valence-corrected chi connectivity index (χ1v) is 8.42. The molecule has 2 heterocycles. The molecule has 2 aromatic carbocycles. The van der Waals surface area contributed by atoms with E-state index in [1.165, 1.54) is 30.3 Å². The van der Waals surface area contributed by atoms with Crippen LogP contribution in [0.25, 0.3) is 0 Å². The fourth-order valence-electron chi connectivity index (χ4n) is 2.62. The van der Waals surface area contributed by atoms with Crippen molar-refractivity contribution in [1.29, 1.82) is 0 Å². The SMILES string of the molecule is O=C1COc2ccc(NC(=O)c3ccc(COc4ccc(F)cc4)o3)cc2N1. The predicted octanol–water partition coefficient (Wildman–Crippen LogP) is 3.58. The van der Waals surface area contributed by atoms with Crippen molar-refractivity contribution in [3.8, 4) is 11.5 Å². The molecule has 0 bridgehead atoms. The molecule has 0 fully saturated rings. The first-order valence-electron chi connectivity index (χ1n) is 8.42. The van der Waals surface area contributed by atoms with E-state index in [1.807, 2.05) is 0 Å². The Morgan fingerprint density at radius 1 is 1.14 bits per heavy atom. The highest BCUT2D eigenvalue weighted by Crippen LogP contribution is 2.30. The molecule has 7 nitrogen and oxygen atoms in total. The number of carbonyl (C=O) groups excluding carboxylic acids is 2. The van der Waals surface area contributed by atoms with Gasteiger partial charge < -0.3 is 24.5 Å². The third-order valence-electron chi connectivity index (χ3n) is 3.95. The minimum absolute atomic E-state index is 0.0339. The number of carbonyl (C=O) groups is 2. The van der Waals surface area contributed by atoms with Gasteiger partial charge in [-0.25, -0.2) is 4.39 Å². The Morgan fingerprint density at radius 3 is 2.79 bits per heavy atom. The second kappa shape index (κ2) is 7.43. The second-order valence-corrected chi connectivity index (χ2v) is 6.01. The minimum Gasteiger partial charge on any atom is -0.486 e. The van der Waals surface area contributed by atoms with E-state index in [9.17, 15) is 14.0 Å². The third kappa shape index (κ3) is 3.96. The summed E-state index contributed by atoms with van der Waals surface area (Å²) < 4.78 is 29.1. The number of benzene rings is 2. The number of rotatable bonds is 5. The number of ether oxygens (including phenoxy) is 2. The van der Waals surface area contributed by atoms with Crippen LogP contribution in [0.1, 0.15) is 16.3 Å². The van der Waals surface area contributed by atoms with E-state index < -0.39 is 5.91 Å². The fourth-order valence-corrected chi connectivity index (χ4v) is 2.62. The molecule has 28 heavy (non-hydrogen) atoms. The number of anilines is 2. The summed E-state index contributed by atoms with van der Waals surface area (Å²) in [6.45, 7) is 0.0645. The van der Waals surface area contributed by atoms with Crippen molar-refractivity contribution in [3.05, 3.63) is 71.9 Å². The van der Waals surface area contributed by atoms with Crippen LogP contribution in [-0.2, 0) is 11.4 Å². The van der Waals surface area contributed by atoms with Crippen LogP contribution < -0.4 is 20.1 Å². The standard InChI is InChI=1S/C20H15FN2O5/c21-12-1-4-14(5-2-12)26-10-15-6-8-18(28-15)20(25)22-13-3-7-17-16(9-13)23-19(24)11-27-17/h1-9H,10-11H2,(H,22,25)(H,23,24). The Bertz CT molecular complexity index is 1030. The molecule has 3 aromatic rings. The Balaban J connectivity index is 1.38. The van der Waals surface area contributed by atoms with Gasteiger partial charge in [0.15, 0.2) is 12.4 Å². The maximum absolute atomic E-state index is 12.9. The van der Waals surface area contributed by atoms with Crippen molar-refractivity contribution in [3.63, 3.8) is 0 Å². The van der Waals surface area contributed by atoms with E-state index in [4.69, 9.17) is 13.9 Å². The van der Waals surface area contributed by atoms with E-state index in [0.29, 0.717) is 28.6 Å². The van der Waals surface area contributed by atoms with Gasteiger partial charge in [0.25, 0.3) is 11.8 Å². The van der Waals surface area contributed by atoms with Crippen LogP contribution in [0.3, 0.4) is 0 Å². The zero-order valence-electron chi connectivity index (χ0n) is 14.5. The maximum Gasteiger partial charge on any atom is 0.291 e.